The van der Waals surface area contributed by atoms with E-state index in [0.717, 1.165) is 5.69 Å². The van der Waals surface area contributed by atoms with Gasteiger partial charge in [-0.2, -0.15) is 5.10 Å². The molecule has 2 rings (SSSR count). The van der Waals surface area contributed by atoms with Gasteiger partial charge in [0.1, 0.15) is 5.69 Å². The molecule has 0 saturated carbocycles. The lowest BCUT2D eigenvalue weighted by atomic mass is 10.3. The second-order valence-corrected chi connectivity index (χ2v) is 4.52. The van der Waals surface area contributed by atoms with Crippen LogP contribution in [0.15, 0.2) is 24.3 Å². The minimum Gasteiger partial charge on any atom is -0.450 e. The maximum Gasteiger partial charge on any atom is 0.411 e. The van der Waals surface area contributed by atoms with Crippen molar-refractivity contribution in [2.45, 2.75) is 13.8 Å². The minimum atomic E-state index is -0.557. The molecule has 3 N–H and O–H groups in total. The Hall–Kier alpha value is -2.21. The molecule has 106 valence electrons. The summed E-state index contributed by atoms with van der Waals surface area (Å²) in [5.41, 5.74) is 7.82. The number of aromatic nitrogens is 2. The van der Waals surface area contributed by atoms with Gasteiger partial charge in [-0.3, -0.25) is 5.32 Å². The second-order valence-electron chi connectivity index (χ2n) is 4.08. The molecule has 2 aromatic rings. The zero-order chi connectivity index (χ0) is 14.7. The highest BCUT2D eigenvalue weighted by molar-refractivity contribution is 6.30. The summed E-state index contributed by atoms with van der Waals surface area (Å²) < 4.78 is 6.36. The average Bonchev–Trinajstić information content (AvgIpc) is 2.68. The highest BCUT2D eigenvalue weighted by Gasteiger charge is 2.16. The van der Waals surface area contributed by atoms with E-state index in [1.165, 1.54) is 4.68 Å². The van der Waals surface area contributed by atoms with Crippen molar-refractivity contribution in [3.05, 3.63) is 35.0 Å². The Morgan fingerprint density at radius 3 is 2.70 bits per heavy atom. The fraction of sp³-hybridized carbons (Fsp3) is 0.231. The van der Waals surface area contributed by atoms with Crippen LogP contribution in [0, 0.1) is 6.92 Å². The lowest BCUT2D eigenvalue weighted by Gasteiger charge is -2.06. The molecular formula is C13H15ClN4O2. The number of aryl methyl sites for hydroxylation is 1. The van der Waals surface area contributed by atoms with E-state index in [0.29, 0.717) is 22.2 Å². The number of carbonyl (C=O) groups excluding carboxylic acids is 1. The molecule has 0 aliphatic carbocycles. The Labute approximate surface area is 121 Å². The third-order valence-corrected chi connectivity index (χ3v) is 2.92. The van der Waals surface area contributed by atoms with Gasteiger partial charge in [-0.05, 0) is 38.1 Å². The van der Waals surface area contributed by atoms with Crippen LogP contribution in [0.2, 0.25) is 5.02 Å². The summed E-state index contributed by atoms with van der Waals surface area (Å²) in [6, 6.07) is 7.07. The summed E-state index contributed by atoms with van der Waals surface area (Å²) in [5, 5.41) is 7.51. The minimum absolute atomic E-state index is 0.288. The second kappa shape index (κ2) is 5.83. The summed E-state index contributed by atoms with van der Waals surface area (Å²) in [5.74, 6) is 0.331. The van der Waals surface area contributed by atoms with Crippen molar-refractivity contribution in [2.24, 2.45) is 0 Å². The number of ether oxygens (including phenoxy) is 1. The number of benzene rings is 1. The van der Waals surface area contributed by atoms with Crippen LogP contribution in [-0.2, 0) is 4.74 Å². The van der Waals surface area contributed by atoms with Gasteiger partial charge >= 0.3 is 6.09 Å². The van der Waals surface area contributed by atoms with Crippen molar-refractivity contribution in [3.8, 4) is 5.69 Å². The number of anilines is 2. The molecule has 0 unspecified atom stereocenters. The Balaban J connectivity index is 2.33. The molecule has 0 atom stereocenters. The van der Waals surface area contributed by atoms with E-state index >= 15 is 0 Å². The van der Waals surface area contributed by atoms with E-state index < -0.39 is 6.09 Å². The van der Waals surface area contributed by atoms with E-state index in [-0.39, 0.29) is 6.61 Å². The Morgan fingerprint density at radius 2 is 2.10 bits per heavy atom. The van der Waals surface area contributed by atoms with Crippen LogP contribution in [0.3, 0.4) is 0 Å². The van der Waals surface area contributed by atoms with Gasteiger partial charge in [-0.1, -0.05) is 11.6 Å². The highest BCUT2D eigenvalue weighted by Crippen LogP contribution is 2.26. The normalized spacial score (nSPS) is 10.3. The van der Waals surface area contributed by atoms with Crippen LogP contribution in [-0.4, -0.2) is 22.5 Å². The molecule has 0 radical (unpaired) electrons. The number of hydrogen-bond donors (Lipinski definition) is 2. The molecular weight excluding hydrogens is 280 g/mol. The Bertz CT molecular complexity index is 622. The topological polar surface area (TPSA) is 82.2 Å². The van der Waals surface area contributed by atoms with Crippen LogP contribution >= 0.6 is 11.6 Å². The highest BCUT2D eigenvalue weighted by atomic mass is 35.5. The van der Waals surface area contributed by atoms with E-state index in [1.54, 1.807) is 38.1 Å². The lowest BCUT2D eigenvalue weighted by Crippen LogP contribution is -2.14. The average molecular weight is 295 g/mol. The number of hydrogen-bond acceptors (Lipinski definition) is 4. The summed E-state index contributed by atoms with van der Waals surface area (Å²) in [6.45, 7) is 3.77. The fourth-order valence-electron chi connectivity index (χ4n) is 1.75. The quantitative estimate of drug-likeness (QED) is 0.911. The number of nitrogens with zero attached hydrogens (tertiary/aromatic N) is 2. The molecule has 1 amide bonds. The van der Waals surface area contributed by atoms with Gasteiger partial charge in [-0.15, -0.1) is 0 Å². The van der Waals surface area contributed by atoms with Crippen LogP contribution in [0.4, 0.5) is 16.3 Å². The van der Waals surface area contributed by atoms with Crippen molar-refractivity contribution in [3.63, 3.8) is 0 Å². The molecule has 0 aliphatic rings. The van der Waals surface area contributed by atoms with Crippen molar-refractivity contribution in [1.82, 2.24) is 9.78 Å². The number of amides is 1. The Morgan fingerprint density at radius 1 is 1.45 bits per heavy atom. The first kappa shape index (κ1) is 14.2. The molecule has 0 bridgehead atoms. The molecule has 6 nitrogen and oxygen atoms in total. The molecule has 1 aromatic carbocycles. The van der Waals surface area contributed by atoms with Crippen molar-refractivity contribution < 1.29 is 9.53 Å². The smallest absolute Gasteiger partial charge is 0.411 e. The summed E-state index contributed by atoms with van der Waals surface area (Å²) in [6.07, 6.45) is -0.557. The van der Waals surface area contributed by atoms with Crippen LogP contribution in [0.1, 0.15) is 12.6 Å². The van der Waals surface area contributed by atoms with E-state index in [9.17, 15) is 4.79 Å². The molecule has 0 aliphatic heterocycles. The fourth-order valence-corrected chi connectivity index (χ4v) is 1.87. The predicted octanol–water partition coefficient (Wildman–Crippen LogP) is 2.98. The molecule has 7 heteroatoms. The van der Waals surface area contributed by atoms with Gasteiger partial charge in [0.2, 0.25) is 0 Å². The van der Waals surface area contributed by atoms with Crippen LogP contribution < -0.4 is 11.1 Å². The standard InChI is InChI=1S/C13H15ClN4O2/c1-3-20-13(19)16-11-8(2)17-18(12(11)15)10-6-4-9(14)5-7-10/h4-7H,3,15H2,1-2H3,(H,16,19). The van der Waals surface area contributed by atoms with Crippen LogP contribution in [0.5, 0.6) is 0 Å². The van der Waals surface area contributed by atoms with Gasteiger partial charge in [0.25, 0.3) is 0 Å². The first-order chi connectivity index (χ1) is 9.52. The largest absolute Gasteiger partial charge is 0.450 e. The molecule has 0 saturated heterocycles. The third-order valence-electron chi connectivity index (χ3n) is 2.67. The first-order valence-corrected chi connectivity index (χ1v) is 6.45. The Kier molecular flexibility index (Phi) is 4.14. The van der Waals surface area contributed by atoms with Gasteiger partial charge in [-0.25, -0.2) is 9.48 Å². The van der Waals surface area contributed by atoms with Gasteiger partial charge < -0.3 is 10.5 Å². The van der Waals surface area contributed by atoms with Gasteiger partial charge in [0.15, 0.2) is 5.82 Å². The molecule has 20 heavy (non-hydrogen) atoms. The van der Waals surface area contributed by atoms with Crippen molar-refractivity contribution in [2.75, 3.05) is 17.7 Å². The van der Waals surface area contributed by atoms with Crippen LogP contribution in [0.25, 0.3) is 5.69 Å². The SMILES string of the molecule is CCOC(=O)Nc1c(C)nn(-c2ccc(Cl)cc2)c1N. The van der Waals surface area contributed by atoms with E-state index in [4.69, 9.17) is 22.1 Å². The third kappa shape index (κ3) is 2.85. The van der Waals surface area contributed by atoms with Gasteiger partial charge in [0, 0.05) is 5.02 Å². The van der Waals surface area contributed by atoms with Crippen molar-refractivity contribution in [1.29, 1.82) is 0 Å². The number of nitrogens with one attached hydrogen (secondary N) is 1. The van der Waals surface area contributed by atoms with E-state index in [2.05, 4.69) is 10.4 Å². The number of rotatable bonds is 3. The summed E-state index contributed by atoms with van der Waals surface area (Å²) >= 11 is 5.84. The molecule has 0 fully saturated rings. The number of nitrogens with two attached hydrogens (primary N) is 1. The maximum atomic E-state index is 11.5. The molecule has 1 heterocycles. The maximum absolute atomic E-state index is 11.5. The first-order valence-electron chi connectivity index (χ1n) is 6.07. The number of halogens is 1. The van der Waals surface area contributed by atoms with E-state index in [1.807, 2.05) is 0 Å². The molecule has 1 aromatic heterocycles. The summed E-state index contributed by atoms with van der Waals surface area (Å²) in [4.78, 5) is 11.5. The summed E-state index contributed by atoms with van der Waals surface area (Å²) in [7, 11) is 0. The zero-order valence-corrected chi connectivity index (χ0v) is 11.9. The monoisotopic (exact) mass is 294 g/mol. The van der Waals surface area contributed by atoms with Gasteiger partial charge in [0.05, 0.1) is 18.0 Å². The predicted molar refractivity (Wildman–Crippen MR) is 78.4 cm³/mol. The molecule has 0 spiro atoms. The number of nitrogen functional groups attached to an aromatic ring is 1. The lowest BCUT2D eigenvalue weighted by molar-refractivity contribution is 0.168. The zero-order valence-electron chi connectivity index (χ0n) is 11.2. The number of carbonyl (C=O) groups is 1. The van der Waals surface area contributed by atoms with Crippen molar-refractivity contribution >= 4 is 29.2 Å².